The summed E-state index contributed by atoms with van der Waals surface area (Å²) in [4.78, 5) is 29.0. The first-order chi connectivity index (χ1) is 13.2. The molecule has 0 atom stereocenters. The van der Waals surface area contributed by atoms with E-state index in [1.165, 1.54) is 25.5 Å². The standard InChI is InChI=1S/C19H21BrN4OS2/c20-15-5-4-12(26-15)10-23-6-8-24(9-7-23)11-16-21-18(25)17-13-2-1-3-14(13)27-19(17)22-16/h4-5H,1-3,6-11H2,(H,21,22,25). The molecule has 3 aromatic rings. The molecule has 5 rings (SSSR count). The van der Waals surface area contributed by atoms with Crippen LogP contribution >= 0.6 is 38.6 Å². The van der Waals surface area contributed by atoms with Gasteiger partial charge in [-0.1, -0.05) is 0 Å². The van der Waals surface area contributed by atoms with Gasteiger partial charge in [-0.25, -0.2) is 4.98 Å². The Balaban J connectivity index is 1.24. The number of H-pyrrole nitrogens is 1. The maximum Gasteiger partial charge on any atom is 0.259 e. The van der Waals surface area contributed by atoms with Gasteiger partial charge in [0, 0.05) is 42.5 Å². The molecule has 0 spiro atoms. The Morgan fingerprint density at radius 2 is 1.85 bits per heavy atom. The molecule has 142 valence electrons. The number of hydrogen-bond donors (Lipinski definition) is 1. The zero-order valence-corrected chi connectivity index (χ0v) is 18.2. The average molecular weight is 465 g/mol. The molecule has 0 radical (unpaired) electrons. The summed E-state index contributed by atoms with van der Waals surface area (Å²) < 4.78 is 1.20. The monoisotopic (exact) mass is 464 g/mol. The minimum Gasteiger partial charge on any atom is -0.309 e. The van der Waals surface area contributed by atoms with E-state index in [9.17, 15) is 4.79 Å². The van der Waals surface area contributed by atoms with Crippen molar-refractivity contribution in [3.05, 3.63) is 47.4 Å². The Kier molecular flexibility index (Phi) is 4.94. The molecule has 1 aliphatic carbocycles. The van der Waals surface area contributed by atoms with Crippen molar-refractivity contribution < 1.29 is 0 Å². The lowest BCUT2D eigenvalue weighted by molar-refractivity contribution is 0.120. The molecule has 0 aromatic carbocycles. The molecular weight excluding hydrogens is 444 g/mol. The topological polar surface area (TPSA) is 52.2 Å². The van der Waals surface area contributed by atoms with Gasteiger partial charge >= 0.3 is 0 Å². The first kappa shape index (κ1) is 18.0. The number of fused-ring (bicyclic) bond motifs is 3. The zero-order chi connectivity index (χ0) is 18.4. The lowest BCUT2D eigenvalue weighted by atomic mass is 10.2. The normalized spacial score (nSPS) is 18.4. The van der Waals surface area contributed by atoms with Crippen LogP contribution in [0.1, 0.15) is 27.6 Å². The van der Waals surface area contributed by atoms with Crippen LogP contribution in [0.4, 0.5) is 0 Å². The van der Waals surface area contributed by atoms with Crippen molar-refractivity contribution >= 4 is 48.8 Å². The van der Waals surface area contributed by atoms with Crippen LogP contribution in [0, 0.1) is 0 Å². The number of halogens is 1. The molecule has 4 heterocycles. The van der Waals surface area contributed by atoms with E-state index in [2.05, 4.69) is 42.8 Å². The van der Waals surface area contributed by atoms with E-state index in [4.69, 9.17) is 4.98 Å². The molecule has 1 N–H and O–H groups in total. The molecule has 0 bridgehead atoms. The van der Waals surface area contributed by atoms with Gasteiger partial charge in [0.15, 0.2) is 0 Å². The Morgan fingerprint density at radius 3 is 2.59 bits per heavy atom. The van der Waals surface area contributed by atoms with Crippen molar-refractivity contribution in [2.45, 2.75) is 32.4 Å². The van der Waals surface area contributed by atoms with Crippen LogP contribution in [-0.2, 0) is 25.9 Å². The van der Waals surface area contributed by atoms with E-state index >= 15 is 0 Å². The van der Waals surface area contributed by atoms with Gasteiger partial charge in [0.2, 0.25) is 0 Å². The highest BCUT2D eigenvalue weighted by atomic mass is 79.9. The first-order valence-electron chi connectivity index (χ1n) is 9.38. The number of piperazine rings is 1. The van der Waals surface area contributed by atoms with Crippen LogP contribution in [0.25, 0.3) is 10.2 Å². The van der Waals surface area contributed by atoms with Crippen molar-refractivity contribution in [2.75, 3.05) is 26.2 Å². The van der Waals surface area contributed by atoms with Crippen molar-refractivity contribution in [2.24, 2.45) is 0 Å². The van der Waals surface area contributed by atoms with Gasteiger partial charge in [0.05, 0.1) is 15.7 Å². The summed E-state index contributed by atoms with van der Waals surface area (Å²) in [6.07, 6.45) is 3.31. The summed E-state index contributed by atoms with van der Waals surface area (Å²) in [7, 11) is 0. The van der Waals surface area contributed by atoms with Crippen molar-refractivity contribution in [1.82, 2.24) is 19.8 Å². The Bertz CT molecular complexity index is 1030. The van der Waals surface area contributed by atoms with Gasteiger partial charge in [-0.3, -0.25) is 14.6 Å². The first-order valence-corrected chi connectivity index (χ1v) is 11.8. The van der Waals surface area contributed by atoms with Gasteiger partial charge in [-0.2, -0.15) is 0 Å². The second kappa shape index (κ2) is 7.40. The second-order valence-corrected chi connectivity index (χ2v) is 10.9. The average Bonchev–Trinajstić information content (AvgIpc) is 3.32. The molecule has 0 saturated carbocycles. The fourth-order valence-corrected chi connectivity index (χ4v) is 6.90. The summed E-state index contributed by atoms with van der Waals surface area (Å²) >= 11 is 7.07. The number of nitrogens with zero attached hydrogens (tertiary/aromatic N) is 3. The van der Waals surface area contributed by atoms with Gasteiger partial charge in [-0.15, -0.1) is 22.7 Å². The molecule has 2 aliphatic rings. The van der Waals surface area contributed by atoms with Crippen molar-refractivity contribution in [3.63, 3.8) is 0 Å². The van der Waals surface area contributed by atoms with Gasteiger partial charge in [-0.05, 0) is 52.9 Å². The fraction of sp³-hybridized carbons (Fsp3) is 0.474. The summed E-state index contributed by atoms with van der Waals surface area (Å²) in [5, 5.41) is 0.850. The van der Waals surface area contributed by atoms with E-state index in [-0.39, 0.29) is 5.56 Å². The Morgan fingerprint density at radius 1 is 1.07 bits per heavy atom. The number of nitrogens with one attached hydrogen (secondary N) is 1. The van der Waals surface area contributed by atoms with Crippen molar-refractivity contribution in [1.29, 1.82) is 0 Å². The third-order valence-electron chi connectivity index (χ3n) is 5.47. The SMILES string of the molecule is O=c1[nH]c(CN2CCN(Cc3ccc(Br)s3)CC2)nc2sc3c(c12)CCC3. The molecule has 3 aromatic heterocycles. The lowest BCUT2D eigenvalue weighted by Gasteiger charge is -2.34. The molecule has 1 aliphatic heterocycles. The van der Waals surface area contributed by atoms with Gasteiger partial charge < -0.3 is 4.98 Å². The van der Waals surface area contributed by atoms with Gasteiger partial charge in [0.1, 0.15) is 10.7 Å². The van der Waals surface area contributed by atoms with Crippen LogP contribution in [0.5, 0.6) is 0 Å². The highest BCUT2D eigenvalue weighted by molar-refractivity contribution is 9.11. The Labute approximate surface area is 174 Å². The lowest BCUT2D eigenvalue weighted by Crippen LogP contribution is -2.45. The third kappa shape index (κ3) is 3.65. The van der Waals surface area contributed by atoms with Gasteiger partial charge in [0.25, 0.3) is 5.56 Å². The summed E-state index contributed by atoms with van der Waals surface area (Å²) in [6.45, 7) is 5.87. The summed E-state index contributed by atoms with van der Waals surface area (Å²) in [5.74, 6) is 0.808. The summed E-state index contributed by atoms with van der Waals surface area (Å²) in [6, 6.07) is 4.32. The van der Waals surface area contributed by atoms with Crippen LogP contribution in [0.3, 0.4) is 0 Å². The van der Waals surface area contributed by atoms with E-state index in [0.717, 1.165) is 68.2 Å². The Hall–Kier alpha value is -1.06. The molecule has 8 heteroatoms. The van der Waals surface area contributed by atoms with E-state index in [1.807, 2.05) is 11.3 Å². The van der Waals surface area contributed by atoms with E-state index < -0.39 is 0 Å². The highest BCUT2D eigenvalue weighted by Crippen LogP contribution is 2.34. The highest BCUT2D eigenvalue weighted by Gasteiger charge is 2.22. The zero-order valence-electron chi connectivity index (χ0n) is 15.0. The molecule has 27 heavy (non-hydrogen) atoms. The number of aromatic nitrogens is 2. The number of thiophene rings is 2. The molecule has 0 amide bonds. The maximum atomic E-state index is 12.6. The van der Waals surface area contributed by atoms with Crippen molar-refractivity contribution in [3.8, 4) is 0 Å². The summed E-state index contributed by atoms with van der Waals surface area (Å²) in [5.41, 5.74) is 1.31. The predicted molar refractivity (Wildman–Crippen MR) is 115 cm³/mol. The molecule has 0 unspecified atom stereocenters. The molecule has 1 saturated heterocycles. The minimum absolute atomic E-state index is 0.0521. The van der Waals surface area contributed by atoms with E-state index in [1.54, 1.807) is 11.3 Å². The van der Waals surface area contributed by atoms with Crippen LogP contribution in [-0.4, -0.2) is 45.9 Å². The largest absolute Gasteiger partial charge is 0.309 e. The number of hydrogen-bond acceptors (Lipinski definition) is 6. The fourth-order valence-electron chi connectivity index (χ4n) is 4.10. The predicted octanol–water partition coefficient (Wildman–Crippen LogP) is 3.62. The quantitative estimate of drug-likeness (QED) is 0.640. The number of aryl methyl sites for hydroxylation is 2. The minimum atomic E-state index is 0.0521. The smallest absolute Gasteiger partial charge is 0.259 e. The molecule has 1 fully saturated rings. The third-order valence-corrected chi connectivity index (χ3v) is 8.26. The second-order valence-electron chi connectivity index (χ2n) is 7.31. The van der Waals surface area contributed by atoms with E-state index in [0.29, 0.717) is 0 Å². The van der Waals surface area contributed by atoms with Crippen LogP contribution < -0.4 is 5.56 Å². The number of aromatic amines is 1. The van der Waals surface area contributed by atoms with Crippen LogP contribution in [0.15, 0.2) is 20.7 Å². The number of rotatable bonds is 4. The van der Waals surface area contributed by atoms with Crippen LogP contribution in [0.2, 0.25) is 0 Å². The maximum absolute atomic E-state index is 12.6. The molecule has 5 nitrogen and oxygen atoms in total. The molecular formula is C19H21BrN4OS2.